The van der Waals surface area contributed by atoms with Crippen LogP contribution in [-0.4, -0.2) is 40.6 Å². The molecule has 0 fully saturated rings. The molecule has 170 valence electrons. The molecular weight excluding hydrogens is 433 g/mol. The van der Waals surface area contributed by atoms with Gasteiger partial charge >= 0.3 is 6.18 Å². The maximum Gasteiger partial charge on any atom is 0.416 e. The second-order valence-electron chi connectivity index (χ2n) is 7.26. The Morgan fingerprint density at radius 3 is 2.48 bits per heavy atom. The van der Waals surface area contributed by atoms with Crippen molar-refractivity contribution in [1.82, 2.24) is 25.2 Å². The van der Waals surface area contributed by atoms with Crippen molar-refractivity contribution in [2.24, 2.45) is 0 Å². The lowest BCUT2D eigenvalue weighted by atomic mass is 10.1. The van der Waals surface area contributed by atoms with Gasteiger partial charge < -0.3 is 16.0 Å². The summed E-state index contributed by atoms with van der Waals surface area (Å²) in [6.45, 7) is 1.20. The Bertz CT molecular complexity index is 1270. The van der Waals surface area contributed by atoms with E-state index in [1.807, 2.05) is 7.05 Å². The van der Waals surface area contributed by atoms with Gasteiger partial charge in [0.25, 0.3) is 5.91 Å². The highest BCUT2D eigenvalue weighted by Gasteiger charge is 2.30. The Morgan fingerprint density at radius 1 is 1.00 bits per heavy atom. The van der Waals surface area contributed by atoms with Crippen LogP contribution in [0.15, 0.2) is 66.7 Å². The normalized spacial score (nSPS) is 11.5. The molecule has 2 aromatic heterocycles. The fourth-order valence-electron chi connectivity index (χ4n) is 3.27. The predicted octanol–water partition coefficient (Wildman–Crippen LogP) is 4.11. The maximum atomic E-state index is 13.1. The molecule has 10 heteroatoms. The summed E-state index contributed by atoms with van der Waals surface area (Å²) >= 11 is 0. The molecule has 0 unspecified atom stereocenters. The Kier molecular flexibility index (Phi) is 6.27. The lowest BCUT2D eigenvalue weighted by Crippen LogP contribution is -2.30. The number of likely N-dealkylation sites (N-methyl/N-ethyl adjacent to an activating group) is 1. The number of nitrogens with zero attached hydrogens (tertiary/aromatic N) is 3. The van der Waals surface area contributed by atoms with Gasteiger partial charge in [-0.25, -0.2) is 4.52 Å². The number of hydrogen-bond acceptors (Lipinski definition) is 5. The van der Waals surface area contributed by atoms with Crippen molar-refractivity contribution in [3.8, 4) is 11.3 Å². The van der Waals surface area contributed by atoms with E-state index in [0.29, 0.717) is 41.2 Å². The van der Waals surface area contributed by atoms with Gasteiger partial charge in [-0.15, -0.1) is 5.10 Å². The van der Waals surface area contributed by atoms with Gasteiger partial charge in [-0.3, -0.25) is 4.79 Å². The summed E-state index contributed by atoms with van der Waals surface area (Å²) in [5, 5.41) is 13.2. The lowest BCUT2D eigenvalue weighted by Gasteiger charge is -2.09. The molecule has 0 aliphatic carbocycles. The minimum absolute atomic E-state index is 0.173. The fraction of sp³-hybridized carbons (Fsp3) is 0.174. The standard InChI is InChI=1S/C23H21F3N6O/c1-27-12-13-28-21(33)15-8-10-18(11-9-15)29-22-30-20-7-3-6-19(32(20)31-22)16-4-2-5-17(14-16)23(24,25)26/h2-11,14,27H,12-13H2,1H3,(H,28,33)(H,29,31). The second kappa shape index (κ2) is 9.29. The molecule has 1 amide bonds. The summed E-state index contributed by atoms with van der Waals surface area (Å²) in [6, 6.07) is 17.0. The number of carbonyl (C=O) groups is 1. The van der Waals surface area contributed by atoms with Crippen LogP contribution in [0, 0.1) is 0 Å². The molecule has 4 rings (SSSR count). The van der Waals surface area contributed by atoms with Crippen LogP contribution in [0.25, 0.3) is 16.9 Å². The quantitative estimate of drug-likeness (QED) is 0.366. The van der Waals surface area contributed by atoms with Gasteiger partial charge in [0.1, 0.15) is 0 Å². The topological polar surface area (TPSA) is 83.3 Å². The highest BCUT2D eigenvalue weighted by molar-refractivity contribution is 5.94. The van der Waals surface area contributed by atoms with Crippen LogP contribution in [0.2, 0.25) is 0 Å². The van der Waals surface area contributed by atoms with E-state index < -0.39 is 11.7 Å². The number of halogens is 3. The largest absolute Gasteiger partial charge is 0.416 e. The first-order valence-corrected chi connectivity index (χ1v) is 10.2. The van der Waals surface area contributed by atoms with Gasteiger partial charge in [0.15, 0.2) is 5.65 Å². The molecule has 4 aromatic rings. The summed E-state index contributed by atoms with van der Waals surface area (Å²) in [4.78, 5) is 16.5. The van der Waals surface area contributed by atoms with Crippen molar-refractivity contribution in [3.63, 3.8) is 0 Å². The van der Waals surface area contributed by atoms with Crippen LogP contribution in [-0.2, 0) is 6.18 Å². The molecule has 2 aromatic carbocycles. The minimum atomic E-state index is -4.44. The van der Waals surface area contributed by atoms with Gasteiger partial charge in [-0.05, 0) is 55.6 Å². The van der Waals surface area contributed by atoms with Gasteiger partial charge in [-0.2, -0.15) is 18.2 Å². The Labute approximate surface area is 187 Å². The van der Waals surface area contributed by atoms with Gasteiger partial charge in [0.2, 0.25) is 5.95 Å². The highest BCUT2D eigenvalue weighted by atomic mass is 19.4. The van der Waals surface area contributed by atoms with E-state index in [-0.39, 0.29) is 11.9 Å². The van der Waals surface area contributed by atoms with Crippen LogP contribution in [0.1, 0.15) is 15.9 Å². The van der Waals surface area contributed by atoms with Crippen LogP contribution in [0.5, 0.6) is 0 Å². The average molecular weight is 454 g/mol. The van der Waals surface area contributed by atoms with Gasteiger partial charge in [-0.1, -0.05) is 18.2 Å². The molecule has 0 spiro atoms. The highest BCUT2D eigenvalue weighted by Crippen LogP contribution is 2.32. The third-order valence-electron chi connectivity index (χ3n) is 4.91. The summed E-state index contributed by atoms with van der Waals surface area (Å²) < 4.78 is 40.9. The zero-order chi connectivity index (χ0) is 23.4. The number of benzene rings is 2. The molecular formula is C23H21F3N6O. The Morgan fingerprint density at radius 2 is 1.76 bits per heavy atom. The summed E-state index contributed by atoms with van der Waals surface area (Å²) in [6.07, 6.45) is -4.44. The van der Waals surface area contributed by atoms with Gasteiger partial charge in [0, 0.05) is 29.9 Å². The van der Waals surface area contributed by atoms with Crippen molar-refractivity contribution in [2.75, 3.05) is 25.5 Å². The molecule has 0 aliphatic heterocycles. The van der Waals surface area contributed by atoms with Crippen molar-refractivity contribution in [3.05, 3.63) is 77.9 Å². The molecule has 33 heavy (non-hydrogen) atoms. The van der Waals surface area contributed by atoms with Gasteiger partial charge in [0.05, 0.1) is 11.3 Å². The molecule has 0 bridgehead atoms. The number of rotatable bonds is 7. The molecule has 0 saturated carbocycles. The van der Waals surface area contributed by atoms with E-state index >= 15 is 0 Å². The van der Waals surface area contributed by atoms with Crippen molar-refractivity contribution in [2.45, 2.75) is 6.18 Å². The van der Waals surface area contributed by atoms with E-state index in [1.54, 1.807) is 48.5 Å². The number of alkyl halides is 3. The van der Waals surface area contributed by atoms with E-state index in [0.717, 1.165) is 12.1 Å². The number of aromatic nitrogens is 3. The molecule has 0 saturated heterocycles. The average Bonchev–Trinajstić information content (AvgIpc) is 3.21. The number of anilines is 2. The van der Waals surface area contributed by atoms with E-state index in [2.05, 4.69) is 26.0 Å². The number of fused-ring (bicyclic) bond motifs is 1. The SMILES string of the molecule is CNCCNC(=O)c1ccc(Nc2nc3cccc(-c4cccc(C(F)(F)F)c4)n3n2)cc1. The van der Waals surface area contributed by atoms with Crippen LogP contribution < -0.4 is 16.0 Å². The van der Waals surface area contributed by atoms with Crippen LogP contribution in [0.3, 0.4) is 0 Å². The van der Waals surface area contributed by atoms with Crippen LogP contribution in [0.4, 0.5) is 24.8 Å². The fourth-order valence-corrected chi connectivity index (χ4v) is 3.27. The number of amides is 1. The van der Waals surface area contributed by atoms with E-state index in [9.17, 15) is 18.0 Å². The predicted molar refractivity (Wildman–Crippen MR) is 119 cm³/mol. The van der Waals surface area contributed by atoms with E-state index in [4.69, 9.17) is 0 Å². The minimum Gasteiger partial charge on any atom is -0.351 e. The molecule has 0 radical (unpaired) electrons. The zero-order valence-corrected chi connectivity index (χ0v) is 17.6. The summed E-state index contributed by atoms with van der Waals surface area (Å²) in [5.41, 5.74) is 1.79. The molecule has 7 nitrogen and oxygen atoms in total. The maximum absolute atomic E-state index is 13.1. The zero-order valence-electron chi connectivity index (χ0n) is 17.6. The number of hydrogen-bond donors (Lipinski definition) is 3. The van der Waals surface area contributed by atoms with Crippen molar-refractivity contribution in [1.29, 1.82) is 0 Å². The first kappa shape index (κ1) is 22.3. The number of pyridine rings is 1. The first-order chi connectivity index (χ1) is 15.8. The van der Waals surface area contributed by atoms with E-state index in [1.165, 1.54) is 10.6 Å². The lowest BCUT2D eigenvalue weighted by molar-refractivity contribution is -0.137. The summed E-state index contributed by atoms with van der Waals surface area (Å²) in [5.74, 6) is 0.106. The number of carbonyl (C=O) groups excluding carboxylic acids is 1. The van der Waals surface area contributed by atoms with Crippen LogP contribution >= 0.6 is 0 Å². The van der Waals surface area contributed by atoms with Crippen molar-refractivity contribution >= 4 is 23.2 Å². The Hall–Kier alpha value is -3.92. The smallest absolute Gasteiger partial charge is 0.351 e. The molecule has 3 N–H and O–H groups in total. The third kappa shape index (κ3) is 5.12. The Balaban J connectivity index is 1.56. The monoisotopic (exact) mass is 454 g/mol. The first-order valence-electron chi connectivity index (χ1n) is 10.2. The third-order valence-corrected chi connectivity index (χ3v) is 4.91. The number of nitrogens with one attached hydrogen (secondary N) is 3. The van der Waals surface area contributed by atoms with Crippen molar-refractivity contribution < 1.29 is 18.0 Å². The molecule has 0 aliphatic rings. The molecule has 0 atom stereocenters. The summed E-state index contributed by atoms with van der Waals surface area (Å²) in [7, 11) is 1.81. The molecule has 2 heterocycles. The second-order valence-corrected chi connectivity index (χ2v) is 7.26.